The van der Waals surface area contributed by atoms with E-state index in [2.05, 4.69) is 17.6 Å². The third-order valence-corrected chi connectivity index (χ3v) is 3.91. The molecule has 1 aromatic carbocycles. The highest BCUT2D eigenvalue weighted by Crippen LogP contribution is 2.14. The van der Waals surface area contributed by atoms with Crippen molar-refractivity contribution in [2.45, 2.75) is 11.3 Å². The van der Waals surface area contributed by atoms with Gasteiger partial charge in [-0.25, -0.2) is 12.7 Å². The fraction of sp³-hybridized carbons (Fsp3) is 0.300. The Morgan fingerprint density at radius 3 is 2.60 bits per heavy atom. The molecule has 0 aromatic heterocycles. The van der Waals surface area contributed by atoms with Gasteiger partial charge in [-0.15, -0.1) is 0 Å². The van der Waals surface area contributed by atoms with E-state index in [1.807, 2.05) is 6.07 Å². The Kier molecular flexibility index (Phi) is 3.96. The molecular weight excluding hydrogens is 230 g/mol. The van der Waals surface area contributed by atoms with Gasteiger partial charge in [-0.1, -0.05) is 24.4 Å². The van der Waals surface area contributed by atoms with Gasteiger partial charge in [0, 0.05) is 25.9 Å². The lowest BCUT2D eigenvalue weighted by atomic mass is 10.2. The van der Waals surface area contributed by atoms with Crippen molar-refractivity contribution in [1.82, 2.24) is 4.31 Å². The molecule has 0 aliphatic heterocycles. The average molecular weight is 242 g/mol. The smallest absolute Gasteiger partial charge is 0.207 e. The number of benzene rings is 1. The first-order chi connectivity index (χ1) is 6.98. The predicted molar refractivity (Wildman–Crippen MR) is 63.6 cm³/mol. The van der Waals surface area contributed by atoms with E-state index in [0.29, 0.717) is 6.42 Å². The molecule has 1 rings (SSSR count). The maximum absolute atomic E-state index is 11.8. The second-order valence-electron chi connectivity index (χ2n) is 3.26. The molecule has 0 aliphatic rings. The summed E-state index contributed by atoms with van der Waals surface area (Å²) in [6, 6.07) is 6.73. The van der Waals surface area contributed by atoms with Crippen LogP contribution in [0.5, 0.6) is 0 Å². The first-order valence-electron chi connectivity index (χ1n) is 4.35. The molecule has 0 unspecified atom stereocenters. The minimum atomic E-state index is -3.35. The third kappa shape index (κ3) is 2.84. The van der Waals surface area contributed by atoms with Gasteiger partial charge in [-0.2, -0.15) is 0 Å². The van der Waals surface area contributed by atoms with Crippen LogP contribution in [0.3, 0.4) is 0 Å². The molecule has 0 aliphatic carbocycles. The standard InChI is InChI=1S/C10H12NO2S2/c1-11(2)15(12,13)10-5-3-4-9(8-10)6-7-14/h3-5,8H,6H2,1-2H3. The van der Waals surface area contributed by atoms with Crippen molar-refractivity contribution >= 4 is 27.6 Å². The Bertz CT molecular complexity index is 452. The topological polar surface area (TPSA) is 37.4 Å². The first kappa shape index (κ1) is 12.3. The Balaban J connectivity index is 3.16. The highest BCUT2D eigenvalue weighted by molar-refractivity contribution is 7.89. The summed E-state index contributed by atoms with van der Waals surface area (Å²) in [6.45, 7) is 0. The molecule has 3 nitrogen and oxygen atoms in total. The van der Waals surface area contributed by atoms with E-state index in [1.54, 1.807) is 18.2 Å². The molecule has 5 heteroatoms. The normalized spacial score (nSPS) is 11.7. The number of nitrogens with zero attached hydrogens (tertiary/aromatic N) is 1. The maximum Gasteiger partial charge on any atom is 0.242 e. The second-order valence-corrected chi connectivity index (χ2v) is 5.70. The highest BCUT2D eigenvalue weighted by atomic mass is 32.2. The Labute approximate surface area is 95.8 Å². The van der Waals surface area contributed by atoms with Crippen molar-refractivity contribution in [3.8, 4) is 0 Å². The number of sulfonamides is 1. The fourth-order valence-corrected chi connectivity index (χ4v) is 2.25. The molecule has 0 fully saturated rings. The number of rotatable bonds is 4. The zero-order chi connectivity index (χ0) is 11.5. The minimum absolute atomic E-state index is 0.287. The zero-order valence-corrected chi connectivity index (χ0v) is 10.2. The third-order valence-electron chi connectivity index (χ3n) is 1.95. The summed E-state index contributed by atoms with van der Waals surface area (Å²) in [6.07, 6.45) is 0.478. The molecule has 81 valence electrons. The van der Waals surface area contributed by atoms with E-state index in [1.165, 1.54) is 18.4 Å². The molecule has 0 N–H and O–H groups in total. The van der Waals surface area contributed by atoms with Crippen LogP contribution >= 0.6 is 12.2 Å². The van der Waals surface area contributed by atoms with Crippen LogP contribution in [0, 0.1) is 0 Å². The lowest BCUT2D eigenvalue weighted by molar-refractivity contribution is 0.520. The van der Waals surface area contributed by atoms with Crippen LogP contribution in [-0.4, -0.2) is 32.2 Å². The van der Waals surface area contributed by atoms with Gasteiger partial charge in [0.15, 0.2) is 0 Å². The molecule has 0 saturated carbocycles. The Morgan fingerprint density at radius 2 is 2.07 bits per heavy atom. The summed E-state index contributed by atoms with van der Waals surface area (Å²) < 4.78 is 24.7. The van der Waals surface area contributed by atoms with E-state index in [-0.39, 0.29) is 4.90 Å². The van der Waals surface area contributed by atoms with Crippen molar-refractivity contribution in [3.63, 3.8) is 0 Å². The molecule has 0 bridgehead atoms. The van der Waals surface area contributed by atoms with Gasteiger partial charge >= 0.3 is 0 Å². The summed E-state index contributed by atoms with van der Waals surface area (Å²) in [5.74, 6) is 0. The van der Waals surface area contributed by atoms with Crippen molar-refractivity contribution in [2.75, 3.05) is 14.1 Å². The van der Waals surface area contributed by atoms with Gasteiger partial charge in [-0.3, -0.25) is 0 Å². The van der Waals surface area contributed by atoms with Gasteiger partial charge in [-0.05, 0) is 17.7 Å². The van der Waals surface area contributed by atoms with Crippen molar-refractivity contribution in [3.05, 3.63) is 29.8 Å². The summed E-state index contributed by atoms with van der Waals surface area (Å²) >= 11 is 4.61. The lowest BCUT2D eigenvalue weighted by Crippen LogP contribution is -2.22. The van der Waals surface area contributed by atoms with E-state index >= 15 is 0 Å². The van der Waals surface area contributed by atoms with Crippen LogP contribution in [0.2, 0.25) is 0 Å². The van der Waals surface area contributed by atoms with Crippen LogP contribution in [0.25, 0.3) is 0 Å². The molecular formula is C10H12NO2S2. The van der Waals surface area contributed by atoms with Gasteiger partial charge in [0.25, 0.3) is 0 Å². The summed E-state index contributed by atoms with van der Waals surface area (Å²) in [5.41, 5.74) is 0.855. The zero-order valence-electron chi connectivity index (χ0n) is 8.60. The van der Waals surface area contributed by atoms with E-state index in [0.717, 1.165) is 5.56 Å². The summed E-state index contributed by atoms with van der Waals surface area (Å²) in [5, 5.41) is 2.57. The summed E-state index contributed by atoms with van der Waals surface area (Å²) in [7, 11) is -0.332. The van der Waals surface area contributed by atoms with Crippen LogP contribution in [0.15, 0.2) is 29.2 Å². The van der Waals surface area contributed by atoms with E-state index < -0.39 is 10.0 Å². The number of thiocarbonyl (C=S) groups is 1. The largest absolute Gasteiger partial charge is 0.242 e. The highest BCUT2D eigenvalue weighted by Gasteiger charge is 2.16. The molecule has 0 saturated heterocycles. The van der Waals surface area contributed by atoms with Gasteiger partial charge in [0.2, 0.25) is 10.0 Å². The molecule has 0 heterocycles. The van der Waals surface area contributed by atoms with Gasteiger partial charge in [0.05, 0.1) is 4.90 Å². The van der Waals surface area contributed by atoms with Crippen LogP contribution in [-0.2, 0) is 16.4 Å². The van der Waals surface area contributed by atoms with Crippen LogP contribution in [0.1, 0.15) is 5.56 Å². The average Bonchev–Trinajstić information content (AvgIpc) is 2.18. The second kappa shape index (κ2) is 4.83. The molecule has 0 amide bonds. The van der Waals surface area contributed by atoms with Crippen molar-refractivity contribution < 1.29 is 8.42 Å². The SMILES string of the molecule is CN(C)S(=O)(=O)c1cccc(C[C]=S)c1. The minimum Gasteiger partial charge on any atom is -0.207 e. The first-order valence-corrected chi connectivity index (χ1v) is 6.20. The Morgan fingerprint density at radius 1 is 1.40 bits per heavy atom. The molecule has 1 radical (unpaired) electrons. The van der Waals surface area contributed by atoms with Gasteiger partial charge < -0.3 is 0 Å². The quantitative estimate of drug-likeness (QED) is 0.748. The number of hydrogen-bond acceptors (Lipinski definition) is 3. The molecule has 1 aromatic rings. The lowest BCUT2D eigenvalue weighted by Gasteiger charge is -2.11. The van der Waals surface area contributed by atoms with E-state index in [9.17, 15) is 8.42 Å². The maximum atomic E-state index is 11.8. The van der Waals surface area contributed by atoms with Crippen LogP contribution < -0.4 is 0 Å². The van der Waals surface area contributed by atoms with Crippen molar-refractivity contribution in [2.24, 2.45) is 0 Å². The molecule has 0 spiro atoms. The number of hydrogen-bond donors (Lipinski definition) is 0. The van der Waals surface area contributed by atoms with Gasteiger partial charge in [0.1, 0.15) is 0 Å². The predicted octanol–water partition coefficient (Wildman–Crippen LogP) is 1.36. The van der Waals surface area contributed by atoms with E-state index in [4.69, 9.17) is 0 Å². The molecule has 0 atom stereocenters. The van der Waals surface area contributed by atoms with Crippen molar-refractivity contribution in [1.29, 1.82) is 0 Å². The fourth-order valence-electron chi connectivity index (χ4n) is 1.11. The Hall–Kier alpha value is -0.780. The molecule has 15 heavy (non-hydrogen) atoms. The van der Waals surface area contributed by atoms with Crippen LogP contribution in [0.4, 0.5) is 0 Å². The summed E-state index contributed by atoms with van der Waals surface area (Å²) in [4.78, 5) is 0.287. The monoisotopic (exact) mass is 242 g/mol.